The van der Waals surface area contributed by atoms with Crippen LogP contribution in [-0.2, 0) is 0 Å². The van der Waals surface area contributed by atoms with Crippen molar-refractivity contribution < 1.29 is 0 Å². The van der Waals surface area contributed by atoms with Crippen LogP contribution < -0.4 is 5.56 Å². The summed E-state index contributed by atoms with van der Waals surface area (Å²) in [5, 5.41) is 13.0. The molecule has 2 rings (SSSR count). The molecule has 0 fully saturated rings. The van der Waals surface area contributed by atoms with E-state index in [-0.39, 0.29) is 11.1 Å². The molecule has 0 N–H and O–H groups in total. The Morgan fingerprint density at radius 2 is 2.20 bits per heavy atom. The van der Waals surface area contributed by atoms with Crippen molar-refractivity contribution in [3.8, 4) is 6.07 Å². The van der Waals surface area contributed by atoms with Crippen LogP contribution in [0.4, 0.5) is 0 Å². The van der Waals surface area contributed by atoms with Gasteiger partial charge in [0.05, 0.1) is 6.20 Å². The minimum absolute atomic E-state index is 0.0314. The first kappa shape index (κ1) is 15.0. The quantitative estimate of drug-likeness (QED) is 0.580. The third kappa shape index (κ3) is 3.58. The molecule has 20 heavy (non-hydrogen) atoms. The maximum Gasteiger partial charge on any atom is 0.293 e. The van der Waals surface area contributed by atoms with Crippen LogP contribution in [0, 0.1) is 11.3 Å². The molecule has 0 aliphatic rings. The fraction of sp³-hybridized carbons (Fsp3) is 0.538. The molecule has 0 amide bonds. The van der Waals surface area contributed by atoms with Crippen molar-refractivity contribution >= 4 is 28.1 Å². The summed E-state index contributed by atoms with van der Waals surface area (Å²) < 4.78 is 2.06. The fourth-order valence-electron chi connectivity index (χ4n) is 1.77. The topological polar surface area (TPSA) is 71.1 Å². The molecule has 0 aliphatic heterocycles. The van der Waals surface area contributed by atoms with Crippen LogP contribution in [0.5, 0.6) is 0 Å². The van der Waals surface area contributed by atoms with E-state index in [1.54, 1.807) is 11.8 Å². The van der Waals surface area contributed by atoms with E-state index >= 15 is 0 Å². The summed E-state index contributed by atoms with van der Waals surface area (Å²) in [6.45, 7) is 2.20. The number of fused-ring (bicyclic) bond motifs is 1. The molecule has 0 spiro atoms. The Bertz CT molecular complexity index is 671. The normalized spacial score (nSPS) is 10.8. The third-order valence-electron chi connectivity index (χ3n) is 2.86. The van der Waals surface area contributed by atoms with Gasteiger partial charge in [0.25, 0.3) is 5.56 Å². The van der Waals surface area contributed by atoms with Crippen molar-refractivity contribution in [1.29, 1.82) is 5.26 Å². The molecular weight excluding hydrogens is 292 g/mol. The Labute approximate surface area is 125 Å². The molecule has 0 unspecified atom stereocenters. The van der Waals surface area contributed by atoms with Crippen LogP contribution >= 0.6 is 23.1 Å². The summed E-state index contributed by atoms with van der Waals surface area (Å²) in [7, 11) is 0. The fourth-order valence-corrected chi connectivity index (χ4v) is 3.73. The van der Waals surface area contributed by atoms with Crippen LogP contribution in [0.2, 0.25) is 0 Å². The molecule has 2 aromatic heterocycles. The second-order valence-corrected chi connectivity index (χ2v) is 6.71. The SMILES string of the molecule is CCCCCCCSc1nn2c(=O)c(C#N)cnc2s1. The zero-order chi connectivity index (χ0) is 14.4. The number of hydrogen-bond acceptors (Lipinski definition) is 6. The maximum absolute atomic E-state index is 11.9. The molecule has 0 bridgehead atoms. The number of aromatic nitrogens is 3. The lowest BCUT2D eigenvalue weighted by molar-refractivity contribution is 0.659. The summed E-state index contributed by atoms with van der Waals surface area (Å²) in [5.74, 6) is 1.00. The number of thioether (sulfide) groups is 1. The van der Waals surface area contributed by atoms with Gasteiger partial charge in [0.2, 0.25) is 4.96 Å². The molecule has 2 aromatic rings. The Kier molecular flexibility index (Phi) is 5.56. The first-order valence-corrected chi connectivity index (χ1v) is 8.48. The summed E-state index contributed by atoms with van der Waals surface area (Å²) >= 11 is 3.04. The van der Waals surface area contributed by atoms with Gasteiger partial charge in [-0.15, -0.1) is 5.10 Å². The van der Waals surface area contributed by atoms with Gasteiger partial charge >= 0.3 is 0 Å². The highest BCUT2D eigenvalue weighted by molar-refractivity contribution is 8.01. The van der Waals surface area contributed by atoms with E-state index in [1.807, 2.05) is 6.07 Å². The molecule has 0 atom stereocenters. The van der Waals surface area contributed by atoms with E-state index in [2.05, 4.69) is 17.0 Å². The lowest BCUT2D eigenvalue weighted by atomic mass is 10.2. The van der Waals surface area contributed by atoms with Crippen molar-refractivity contribution in [2.45, 2.75) is 43.4 Å². The molecule has 7 heteroatoms. The van der Waals surface area contributed by atoms with Crippen molar-refractivity contribution in [1.82, 2.24) is 14.6 Å². The van der Waals surface area contributed by atoms with Gasteiger partial charge in [0, 0.05) is 5.75 Å². The number of hydrogen-bond donors (Lipinski definition) is 0. The number of nitrogens with zero attached hydrogens (tertiary/aromatic N) is 4. The van der Waals surface area contributed by atoms with E-state index in [9.17, 15) is 4.79 Å². The highest BCUT2D eigenvalue weighted by Gasteiger charge is 2.10. The second-order valence-electron chi connectivity index (χ2n) is 4.41. The lowest BCUT2D eigenvalue weighted by Gasteiger charge is -1.97. The summed E-state index contributed by atoms with van der Waals surface area (Å²) in [5.41, 5.74) is -0.354. The molecule has 0 aliphatic carbocycles. The summed E-state index contributed by atoms with van der Waals surface area (Å²) in [4.78, 5) is 16.5. The molecule has 0 radical (unpaired) electrons. The Hall–Kier alpha value is -1.39. The van der Waals surface area contributed by atoms with Gasteiger partial charge in [-0.1, -0.05) is 55.7 Å². The van der Waals surface area contributed by atoms with Crippen molar-refractivity contribution in [3.63, 3.8) is 0 Å². The average molecular weight is 308 g/mol. The second kappa shape index (κ2) is 7.41. The summed E-state index contributed by atoms with van der Waals surface area (Å²) in [6, 6.07) is 1.83. The van der Waals surface area contributed by atoms with Crippen LogP contribution in [0.1, 0.15) is 44.6 Å². The third-order valence-corrected chi connectivity index (χ3v) is 5.00. The van der Waals surface area contributed by atoms with Gasteiger partial charge < -0.3 is 0 Å². The van der Waals surface area contributed by atoms with Crippen molar-refractivity contribution in [2.75, 3.05) is 5.75 Å². The van der Waals surface area contributed by atoms with Crippen molar-refractivity contribution in [2.24, 2.45) is 0 Å². The van der Waals surface area contributed by atoms with E-state index in [4.69, 9.17) is 5.26 Å². The first-order valence-electron chi connectivity index (χ1n) is 6.68. The Balaban J connectivity index is 1.97. The molecular formula is C13H16N4OS2. The predicted octanol–water partition coefficient (Wildman–Crippen LogP) is 3.09. The molecule has 0 saturated carbocycles. The van der Waals surface area contributed by atoms with E-state index in [1.165, 1.54) is 47.7 Å². The minimum atomic E-state index is -0.386. The van der Waals surface area contributed by atoms with E-state index < -0.39 is 0 Å². The minimum Gasteiger partial charge on any atom is -0.266 e. The number of rotatable bonds is 7. The maximum atomic E-state index is 11.9. The lowest BCUT2D eigenvalue weighted by Crippen LogP contribution is -2.17. The molecule has 2 heterocycles. The van der Waals surface area contributed by atoms with Gasteiger partial charge in [0.15, 0.2) is 4.34 Å². The van der Waals surface area contributed by atoms with E-state index in [0.717, 1.165) is 16.5 Å². The van der Waals surface area contributed by atoms with Gasteiger partial charge in [-0.05, 0) is 6.42 Å². The van der Waals surface area contributed by atoms with Crippen LogP contribution in [0.25, 0.3) is 4.96 Å². The van der Waals surface area contributed by atoms with E-state index in [0.29, 0.717) is 4.96 Å². The van der Waals surface area contributed by atoms with Gasteiger partial charge in [-0.3, -0.25) is 4.79 Å². The highest BCUT2D eigenvalue weighted by atomic mass is 32.2. The monoisotopic (exact) mass is 308 g/mol. The van der Waals surface area contributed by atoms with Crippen molar-refractivity contribution in [3.05, 3.63) is 22.1 Å². The molecule has 0 saturated heterocycles. The molecule has 106 valence electrons. The first-order chi connectivity index (χ1) is 9.76. The zero-order valence-electron chi connectivity index (χ0n) is 11.3. The Morgan fingerprint density at radius 1 is 1.40 bits per heavy atom. The summed E-state index contributed by atoms with van der Waals surface area (Å²) in [6.07, 6.45) is 7.54. The molecule has 5 nitrogen and oxygen atoms in total. The average Bonchev–Trinajstić information content (AvgIpc) is 2.87. The van der Waals surface area contributed by atoms with Crippen LogP contribution in [0.15, 0.2) is 15.3 Å². The highest BCUT2D eigenvalue weighted by Crippen LogP contribution is 2.24. The predicted molar refractivity (Wildman–Crippen MR) is 81.3 cm³/mol. The number of unbranched alkanes of at least 4 members (excludes halogenated alkanes) is 4. The van der Waals surface area contributed by atoms with Gasteiger partial charge in [0.1, 0.15) is 11.6 Å². The zero-order valence-corrected chi connectivity index (χ0v) is 13.0. The Morgan fingerprint density at radius 3 is 2.95 bits per heavy atom. The van der Waals surface area contributed by atoms with Gasteiger partial charge in [-0.2, -0.15) is 9.78 Å². The van der Waals surface area contributed by atoms with Crippen LogP contribution in [-0.4, -0.2) is 20.4 Å². The van der Waals surface area contributed by atoms with Gasteiger partial charge in [-0.25, -0.2) is 4.98 Å². The largest absolute Gasteiger partial charge is 0.293 e. The van der Waals surface area contributed by atoms with Crippen LogP contribution in [0.3, 0.4) is 0 Å². The molecule has 0 aromatic carbocycles. The number of nitriles is 1. The standard InChI is InChI=1S/C13H16N4OS2/c1-2-3-4-5-6-7-19-13-16-17-11(18)10(8-14)9-15-12(17)20-13/h9H,2-7H2,1H3. The smallest absolute Gasteiger partial charge is 0.266 e.